The zero-order valence-electron chi connectivity index (χ0n) is 4.30. The van der Waals surface area contributed by atoms with Gasteiger partial charge in [0.25, 0.3) is 0 Å². The molecule has 0 saturated carbocycles. The van der Waals surface area contributed by atoms with Crippen molar-refractivity contribution in [3.05, 3.63) is 0 Å². The van der Waals surface area contributed by atoms with Crippen LogP contribution in [0.2, 0.25) is 13.1 Å². The molecule has 0 atom stereocenters. The normalized spacial score (nSPS) is 6.00. The quantitative estimate of drug-likeness (QED) is 0.469. The molecule has 3 nitrogen and oxygen atoms in total. The number of rotatable bonds is 0. The highest BCUT2D eigenvalue weighted by molar-refractivity contribution is 6.31. The van der Waals surface area contributed by atoms with Gasteiger partial charge in [-0.25, -0.2) is 4.79 Å². The van der Waals surface area contributed by atoms with Crippen LogP contribution in [-0.4, -0.2) is 25.9 Å². The van der Waals surface area contributed by atoms with Crippen LogP contribution in [0, 0.1) is 0 Å². The Morgan fingerprint density at radius 3 is 1.43 bits per heavy atom. The third-order valence-corrected chi connectivity index (χ3v) is 0. The van der Waals surface area contributed by atoms with Gasteiger partial charge in [0.2, 0.25) is 0 Å². The summed E-state index contributed by atoms with van der Waals surface area (Å²) in [6, 6.07) is 0. The summed E-state index contributed by atoms with van der Waals surface area (Å²) >= 11 is 0. The Bertz CT molecular complexity index is 41.4. The van der Waals surface area contributed by atoms with Crippen molar-refractivity contribution in [3.63, 3.8) is 0 Å². The van der Waals surface area contributed by atoms with Gasteiger partial charge >= 0.3 is 6.16 Å². The van der Waals surface area contributed by atoms with Crippen molar-refractivity contribution in [2.45, 2.75) is 13.1 Å². The molecule has 42 valence electrons. The van der Waals surface area contributed by atoms with E-state index in [9.17, 15) is 0 Å². The highest BCUT2D eigenvalue weighted by Gasteiger charge is 1.70. The smallest absolute Gasteiger partial charge is 0.450 e. The Morgan fingerprint density at radius 1 is 1.43 bits per heavy atom. The van der Waals surface area contributed by atoms with Crippen molar-refractivity contribution in [2.24, 2.45) is 0 Å². The van der Waals surface area contributed by atoms with E-state index in [0.717, 1.165) is 9.52 Å². The minimum absolute atomic E-state index is 1.08. The average molecular weight is 120 g/mol. The standard InChI is InChI=1S/C2H6Si.CH2O3/c1-3-2;2-1(3)4/h1-2H3;(H2,2,3,4). The van der Waals surface area contributed by atoms with Gasteiger partial charge in [-0.1, -0.05) is 13.1 Å². The SMILES string of the molecule is C[Si]C.O=C(O)O. The molecule has 0 amide bonds. The zero-order chi connectivity index (χ0) is 6.28. The molecule has 0 aromatic carbocycles. The van der Waals surface area contributed by atoms with Crippen molar-refractivity contribution < 1.29 is 15.0 Å². The molecule has 0 aliphatic rings. The number of hydrogen-bond donors (Lipinski definition) is 2. The maximum atomic E-state index is 8.56. The molecule has 7 heavy (non-hydrogen) atoms. The molecule has 0 spiro atoms. The first-order valence-electron chi connectivity index (χ1n) is 1.65. The van der Waals surface area contributed by atoms with Crippen LogP contribution in [0.25, 0.3) is 0 Å². The summed E-state index contributed by atoms with van der Waals surface area (Å²) < 4.78 is 0. The van der Waals surface area contributed by atoms with Gasteiger partial charge in [-0.2, -0.15) is 0 Å². The first kappa shape index (κ1) is 9.70. The summed E-state index contributed by atoms with van der Waals surface area (Å²) in [5, 5.41) is 13.9. The summed E-state index contributed by atoms with van der Waals surface area (Å²) in [4.78, 5) is 8.56. The molecular formula is C3H8O3Si. The lowest BCUT2D eigenvalue weighted by molar-refractivity contribution is 0.137. The van der Waals surface area contributed by atoms with Crippen LogP contribution in [0.4, 0.5) is 4.79 Å². The lowest BCUT2D eigenvalue weighted by Crippen LogP contribution is -1.81. The molecule has 2 radical (unpaired) electrons. The second-order valence-corrected chi connectivity index (χ2v) is 1.78. The van der Waals surface area contributed by atoms with Crippen LogP contribution in [0.1, 0.15) is 0 Å². The maximum Gasteiger partial charge on any atom is 0.503 e. The van der Waals surface area contributed by atoms with Gasteiger partial charge in [-0.3, -0.25) is 0 Å². The molecule has 0 saturated heterocycles. The summed E-state index contributed by atoms with van der Waals surface area (Å²) in [6.45, 7) is 4.31. The van der Waals surface area contributed by atoms with Gasteiger partial charge in [0.15, 0.2) is 0 Å². The van der Waals surface area contributed by atoms with E-state index in [1.165, 1.54) is 0 Å². The predicted octanol–water partition coefficient (Wildman–Crippen LogP) is 1.01. The molecule has 0 heterocycles. The summed E-state index contributed by atoms with van der Waals surface area (Å²) in [5.74, 6) is 0. The molecule has 0 aliphatic carbocycles. The molecule has 0 aromatic heterocycles. The van der Waals surface area contributed by atoms with Crippen molar-refractivity contribution in [1.29, 1.82) is 0 Å². The molecule has 4 heteroatoms. The maximum absolute atomic E-state index is 8.56. The summed E-state index contributed by atoms with van der Waals surface area (Å²) in [5.41, 5.74) is 0. The molecule has 0 bridgehead atoms. The van der Waals surface area contributed by atoms with Crippen LogP contribution in [0.5, 0.6) is 0 Å². The number of carboxylic acid groups (broad SMARTS) is 2. The zero-order valence-corrected chi connectivity index (χ0v) is 5.30. The Labute approximate surface area is 44.8 Å². The Kier molecular flexibility index (Phi) is 12.6. The van der Waals surface area contributed by atoms with E-state index in [1.807, 2.05) is 0 Å². The van der Waals surface area contributed by atoms with Crippen LogP contribution in [-0.2, 0) is 0 Å². The van der Waals surface area contributed by atoms with Gasteiger partial charge in [0.05, 0.1) is 0 Å². The third kappa shape index (κ3) is 253. The highest BCUT2D eigenvalue weighted by atomic mass is 28.2. The van der Waals surface area contributed by atoms with Crippen molar-refractivity contribution >= 4 is 15.7 Å². The molecule has 0 aliphatic heterocycles. The van der Waals surface area contributed by atoms with Gasteiger partial charge in [0.1, 0.15) is 0 Å². The fourth-order valence-electron chi connectivity index (χ4n) is 0. The van der Waals surface area contributed by atoms with Crippen molar-refractivity contribution in [2.75, 3.05) is 0 Å². The molecule has 0 fully saturated rings. The first-order chi connectivity index (χ1) is 3.15. The fraction of sp³-hybridized carbons (Fsp3) is 0.667. The Morgan fingerprint density at radius 2 is 1.43 bits per heavy atom. The molecule has 0 rings (SSSR count). The van der Waals surface area contributed by atoms with E-state index in [2.05, 4.69) is 13.1 Å². The second-order valence-electron chi connectivity index (χ2n) is 0.783. The molecule has 2 N–H and O–H groups in total. The van der Waals surface area contributed by atoms with E-state index >= 15 is 0 Å². The predicted molar refractivity (Wildman–Crippen MR) is 28.1 cm³/mol. The highest BCUT2D eigenvalue weighted by Crippen LogP contribution is 1.42. The van der Waals surface area contributed by atoms with E-state index in [0.29, 0.717) is 0 Å². The lowest BCUT2D eigenvalue weighted by Gasteiger charge is -1.60. The lowest BCUT2D eigenvalue weighted by atomic mass is 11.5. The topological polar surface area (TPSA) is 57.5 Å². The molecule has 0 aromatic rings. The number of hydrogen-bond acceptors (Lipinski definition) is 1. The third-order valence-electron chi connectivity index (χ3n) is 0. The monoisotopic (exact) mass is 120 g/mol. The van der Waals surface area contributed by atoms with Crippen LogP contribution < -0.4 is 0 Å². The first-order valence-corrected chi connectivity index (χ1v) is 3.65. The molecular weight excluding hydrogens is 112 g/mol. The fourth-order valence-corrected chi connectivity index (χ4v) is 0. The van der Waals surface area contributed by atoms with E-state index in [1.54, 1.807) is 0 Å². The minimum Gasteiger partial charge on any atom is -0.450 e. The van der Waals surface area contributed by atoms with E-state index in [4.69, 9.17) is 15.0 Å². The van der Waals surface area contributed by atoms with E-state index < -0.39 is 6.16 Å². The summed E-state index contributed by atoms with van der Waals surface area (Å²) in [7, 11) is 1.08. The average Bonchev–Trinajstić information content (AvgIpc) is 1.33. The van der Waals surface area contributed by atoms with Crippen molar-refractivity contribution in [1.82, 2.24) is 0 Å². The Balaban J connectivity index is 0. The van der Waals surface area contributed by atoms with Crippen LogP contribution in [0.15, 0.2) is 0 Å². The summed E-state index contributed by atoms with van der Waals surface area (Å²) in [6.07, 6.45) is -1.83. The number of carbonyl (C=O) groups is 1. The van der Waals surface area contributed by atoms with E-state index in [-0.39, 0.29) is 0 Å². The van der Waals surface area contributed by atoms with Gasteiger partial charge in [0, 0.05) is 9.52 Å². The molecule has 0 unspecified atom stereocenters. The van der Waals surface area contributed by atoms with Gasteiger partial charge in [-0.05, 0) is 0 Å². The second kappa shape index (κ2) is 9.09. The Hall–Kier alpha value is -0.513. The van der Waals surface area contributed by atoms with Crippen LogP contribution >= 0.6 is 0 Å². The van der Waals surface area contributed by atoms with Gasteiger partial charge in [-0.15, -0.1) is 0 Å². The largest absolute Gasteiger partial charge is 0.503 e. The minimum atomic E-state index is -1.83. The van der Waals surface area contributed by atoms with Crippen LogP contribution in [0.3, 0.4) is 0 Å². The van der Waals surface area contributed by atoms with Crippen molar-refractivity contribution in [3.8, 4) is 0 Å². The van der Waals surface area contributed by atoms with Gasteiger partial charge < -0.3 is 10.2 Å².